The van der Waals surface area contributed by atoms with Crippen LogP contribution in [0.2, 0.25) is 0 Å². The van der Waals surface area contributed by atoms with E-state index < -0.39 is 5.41 Å². The third-order valence-electron chi connectivity index (χ3n) is 4.90. The van der Waals surface area contributed by atoms with Crippen LogP contribution in [0.5, 0.6) is 0 Å². The lowest BCUT2D eigenvalue weighted by Crippen LogP contribution is -2.53. The molecule has 2 fully saturated rings. The molecule has 0 spiro atoms. The Morgan fingerprint density at radius 1 is 1.20 bits per heavy atom. The highest BCUT2D eigenvalue weighted by molar-refractivity contribution is 7.80. The van der Waals surface area contributed by atoms with E-state index in [9.17, 15) is 4.79 Å². The summed E-state index contributed by atoms with van der Waals surface area (Å²) < 4.78 is 5.38. The summed E-state index contributed by atoms with van der Waals surface area (Å²) in [7, 11) is 1.91. The molecule has 0 aromatic heterocycles. The zero-order valence-corrected chi connectivity index (χ0v) is 13.2. The number of carbonyl (C=O) groups is 1. The molecule has 4 nitrogen and oxygen atoms in total. The fraction of sp³-hybridized carbons (Fsp3) is 0.867. The van der Waals surface area contributed by atoms with Gasteiger partial charge in [0.15, 0.2) is 0 Å². The highest BCUT2D eigenvalue weighted by Crippen LogP contribution is 2.38. The molecule has 114 valence electrons. The monoisotopic (exact) mass is 298 g/mol. The fourth-order valence-corrected chi connectivity index (χ4v) is 3.77. The maximum absolute atomic E-state index is 13.0. The first kappa shape index (κ1) is 15.7. The lowest BCUT2D eigenvalue weighted by Gasteiger charge is -2.39. The third-order valence-corrected chi connectivity index (χ3v) is 5.29. The Balaban J connectivity index is 2.15. The molecule has 1 heterocycles. The zero-order valence-electron chi connectivity index (χ0n) is 12.4. The van der Waals surface area contributed by atoms with Crippen molar-refractivity contribution in [3.05, 3.63) is 0 Å². The quantitative estimate of drug-likeness (QED) is 0.641. The lowest BCUT2D eigenvalue weighted by molar-refractivity contribution is -0.141. The number of nitrogens with two attached hydrogens (primary N) is 1. The van der Waals surface area contributed by atoms with Crippen molar-refractivity contribution in [2.24, 2.45) is 11.1 Å². The van der Waals surface area contributed by atoms with Crippen LogP contribution in [-0.4, -0.2) is 42.1 Å². The van der Waals surface area contributed by atoms with Gasteiger partial charge in [-0.15, -0.1) is 0 Å². The Morgan fingerprint density at radius 2 is 1.75 bits per heavy atom. The maximum atomic E-state index is 13.0. The van der Waals surface area contributed by atoms with Crippen molar-refractivity contribution in [1.82, 2.24) is 4.90 Å². The standard InChI is InChI=1S/C15H26N2O2S/c1-17(12-6-10-19-11-7-12)14(18)15(13(16)20)8-4-2-3-5-9-15/h12H,2-11H2,1H3,(H2,16,20). The van der Waals surface area contributed by atoms with Gasteiger partial charge in [-0.3, -0.25) is 4.79 Å². The van der Waals surface area contributed by atoms with Crippen LogP contribution in [0.15, 0.2) is 0 Å². The van der Waals surface area contributed by atoms with E-state index in [-0.39, 0.29) is 11.9 Å². The fourth-order valence-electron chi connectivity index (χ4n) is 3.47. The van der Waals surface area contributed by atoms with Gasteiger partial charge in [0, 0.05) is 26.3 Å². The van der Waals surface area contributed by atoms with Crippen molar-refractivity contribution in [2.45, 2.75) is 57.4 Å². The van der Waals surface area contributed by atoms with Crippen molar-refractivity contribution < 1.29 is 9.53 Å². The van der Waals surface area contributed by atoms with E-state index in [0.717, 1.165) is 51.7 Å². The second kappa shape index (κ2) is 6.85. The summed E-state index contributed by atoms with van der Waals surface area (Å²) in [6.07, 6.45) is 7.90. The minimum atomic E-state index is -0.598. The topological polar surface area (TPSA) is 55.6 Å². The molecule has 0 bridgehead atoms. The van der Waals surface area contributed by atoms with Crippen molar-refractivity contribution in [3.8, 4) is 0 Å². The van der Waals surface area contributed by atoms with E-state index in [1.807, 2.05) is 11.9 Å². The largest absolute Gasteiger partial charge is 0.392 e. The first-order valence-corrected chi connectivity index (χ1v) is 8.14. The lowest BCUT2D eigenvalue weighted by atomic mass is 9.78. The van der Waals surface area contributed by atoms with Gasteiger partial charge in [-0.2, -0.15) is 0 Å². The van der Waals surface area contributed by atoms with E-state index in [1.165, 1.54) is 12.8 Å². The normalized spacial score (nSPS) is 23.9. The molecule has 1 saturated heterocycles. The minimum Gasteiger partial charge on any atom is -0.392 e. The van der Waals surface area contributed by atoms with Crippen LogP contribution in [0.4, 0.5) is 0 Å². The smallest absolute Gasteiger partial charge is 0.235 e. The van der Waals surface area contributed by atoms with Gasteiger partial charge in [-0.1, -0.05) is 37.9 Å². The van der Waals surface area contributed by atoms with Crippen LogP contribution in [-0.2, 0) is 9.53 Å². The molecule has 2 aliphatic rings. The molecular weight excluding hydrogens is 272 g/mol. The Bertz CT molecular complexity index is 359. The van der Waals surface area contributed by atoms with Crippen LogP contribution < -0.4 is 5.73 Å². The summed E-state index contributed by atoms with van der Waals surface area (Å²) in [5.74, 6) is 0.138. The number of carbonyl (C=O) groups excluding carboxylic acids is 1. The summed E-state index contributed by atoms with van der Waals surface area (Å²) in [5.41, 5.74) is 5.40. The summed E-state index contributed by atoms with van der Waals surface area (Å²) in [6.45, 7) is 1.48. The van der Waals surface area contributed by atoms with Crippen molar-refractivity contribution >= 4 is 23.1 Å². The molecule has 0 aromatic rings. The molecular formula is C15H26N2O2S. The molecule has 1 saturated carbocycles. The highest BCUT2D eigenvalue weighted by Gasteiger charge is 2.44. The number of thiocarbonyl (C=S) groups is 1. The van der Waals surface area contributed by atoms with Gasteiger partial charge in [0.2, 0.25) is 5.91 Å². The molecule has 1 aliphatic heterocycles. The Labute approximate surface area is 127 Å². The van der Waals surface area contributed by atoms with E-state index in [0.29, 0.717) is 4.99 Å². The number of hydrogen-bond acceptors (Lipinski definition) is 3. The van der Waals surface area contributed by atoms with E-state index >= 15 is 0 Å². The van der Waals surface area contributed by atoms with Gasteiger partial charge in [-0.05, 0) is 25.7 Å². The van der Waals surface area contributed by atoms with Crippen LogP contribution in [0.3, 0.4) is 0 Å². The maximum Gasteiger partial charge on any atom is 0.235 e. The summed E-state index contributed by atoms with van der Waals surface area (Å²) in [4.78, 5) is 15.3. The molecule has 0 unspecified atom stereocenters. The molecule has 5 heteroatoms. The Morgan fingerprint density at radius 3 is 2.25 bits per heavy atom. The molecule has 0 atom stereocenters. The number of hydrogen-bond donors (Lipinski definition) is 1. The molecule has 2 rings (SSSR count). The van der Waals surface area contributed by atoms with E-state index in [2.05, 4.69) is 0 Å². The zero-order chi connectivity index (χ0) is 14.6. The Hall–Kier alpha value is -0.680. The summed E-state index contributed by atoms with van der Waals surface area (Å²) in [6, 6.07) is 0.269. The van der Waals surface area contributed by atoms with Crippen LogP contribution >= 0.6 is 12.2 Å². The average Bonchev–Trinajstić information content (AvgIpc) is 2.73. The summed E-state index contributed by atoms with van der Waals surface area (Å²) >= 11 is 5.29. The number of rotatable bonds is 3. The average molecular weight is 298 g/mol. The first-order chi connectivity index (χ1) is 9.58. The van der Waals surface area contributed by atoms with Crippen LogP contribution in [0.25, 0.3) is 0 Å². The SMILES string of the molecule is CN(C(=O)C1(C(N)=S)CCCCCC1)C1CCOCC1. The van der Waals surface area contributed by atoms with Gasteiger partial charge in [0.1, 0.15) is 0 Å². The van der Waals surface area contributed by atoms with Gasteiger partial charge in [0.25, 0.3) is 0 Å². The van der Waals surface area contributed by atoms with Gasteiger partial charge >= 0.3 is 0 Å². The van der Waals surface area contributed by atoms with Crippen molar-refractivity contribution in [3.63, 3.8) is 0 Å². The number of nitrogens with zero attached hydrogens (tertiary/aromatic N) is 1. The third kappa shape index (κ3) is 3.14. The van der Waals surface area contributed by atoms with E-state index in [4.69, 9.17) is 22.7 Å². The van der Waals surface area contributed by atoms with Crippen molar-refractivity contribution in [1.29, 1.82) is 0 Å². The molecule has 20 heavy (non-hydrogen) atoms. The van der Waals surface area contributed by atoms with E-state index in [1.54, 1.807) is 0 Å². The molecule has 1 amide bonds. The Kier molecular flexibility index (Phi) is 5.38. The highest BCUT2D eigenvalue weighted by atomic mass is 32.1. The van der Waals surface area contributed by atoms with Gasteiger partial charge in [-0.25, -0.2) is 0 Å². The first-order valence-electron chi connectivity index (χ1n) is 7.73. The van der Waals surface area contributed by atoms with Gasteiger partial charge in [0.05, 0.1) is 10.4 Å². The second-order valence-electron chi connectivity index (χ2n) is 6.12. The predicted molar refractivity (Wildman–Crippen MR) is 83.5 cm³/mol. The molecule has 2 N–H and O–H groups in total. The number of amides is 1. The molecule has 1 aliphatic carbocycles. The van der Waals surface area contributed by atoms with Crippen LogP contribution in [0, 0.1) is 5.41 Å². The van der Waals surface area contributed by atoms with Gasteiger partial charge < -0.3 is 15.4 Å². The minimum absolute atomic E-state index is 0.138. The van der Waals surface area contributed by atoms with Crippen LogP contribution in [0.1, 0.15) is 51.4 Å². The molecule has 0 aromatic carbocycles. The summed E-state index contributed by atoms with van der Waals surface area (Å²) in [5, 5.41) is 0. The predicted octanol–water partition coefficient (Wildman–Crippen LogP) is 2.25. The molecule has 0 radical (unpaired) electrons. The van der Waals surface area contributed by atoms with Crippen molar-refractivity contribution in [2.75, 3.05) is 20.3 Å². The second-order valence-corrected chi connectivity index (χ2v) is 6.56. The number of ether oxygens (including phenoxy) is 1.